The second-order valence-corrected chi connectivity index (χ2v) is 5.71. The minimum absolute atomic E-state index is 0.0932. The Hall–Kier alpha value is -0.590. The van der Waals surface area contributed by atoms with Crippen molar-refractivity contribution in [1.29, 1.82) is 0 Å². The minimum atomic E-state index is -0.388. The van der Waals surface area contributed by atoms with Crippen LogP contribution in [0.3, 0.4) is 0 Å². The van der Waals surface area contributed by atoms with Crippen molar-refractivity contribution >= 4 is 33.4 Å². The van der Waals surface area contributed by atoms with Crippen LogP contribution in [0.25, 0.3) is 0 Å². The number of aliphatic hydroxyl groups excluding tert-OH is 1. The largest absolute Gasteiger partial charge is 0.396 e. The van der Waals surface area contributed by atoms with E-state index >= 15 is 0 Å². The molecule has 1 aromatic carbocycles. The molecule has 0 saturated carbocycles. The van der Waals surface area contributed by atoms with E-state index in [9.17, 15) is 10.1 Å². The molecule has 0 amide bonds. The molecule has 16 heavy (non-hydrogen) atoms. The van der Waals surface area contributed by atoms with Gasteiger partial charge in [-0.25, -0.2) is 0 Å². The fourth-order valence-corrected chi connectivity index (χ4v) is 2.82. The second-order valence-electron chi connectivity index (χ2n) is 3.31. The SMILES string of the molecule is CC(CCO)Sc1cc(Br)ccc1[N+](=O)[O-]. The molecule has 0 aromatic heterocycles. The van der Waals surface area contributed by atoms with Crippen LogP contribution in [-0.4, -0.2) is 21.9 Å². The molecule has 1 rings (SSSR count). The van der Waals surface area contributed by atoms with Gasteiger partial charge in [-0.05, 0) is 18.6 Å². The van der Waals surface area contributed by atoms with E-state index in [0.717, 1.165) is 4.47 Å². The third-order valence-electron chi connectivity index (χ3n) is 1.98. The van der Waals surface area contributed by atoms with Crippen LogP contribution < -0.4 is 0 Å². The molecule has 0 aliphatic carbocycles. The van der Waals surface area contributed by atoms with Crippen LogP contribution in [-0.2, 0) is 0 Å². The number of hydrogen-bond acceptors (Lipinski definition) is 4. The number of thioether (sulfide) groups is 1. The van der Waals surface area contributed by atoms with Gasteiger partial charge in [0.15, 0.2) is 0 Å². The monoisotopic (exact) mass is 305 g/mol. The van der Waals surface area contributed by atoms with Gasteiger partial charge in [0.2, 0.25) is 0 Å². The van der Waals surface area contributed by atoms with Crippen LogP contribution >= 0.6 is 27.7 Å². The van der Waals surface area contributed by atoms with Crippen molar-refractivity contribution in [2.45, 2.75) is 23.5 Å². The third kappa shape index (κ3) is 3.77. The number of rotatable bonds is 5. The summed E-state index contributed by atoms with van der Waals surface area (Å²) in [7, 11) is 0. The maximum Gasteiger partial charge on any atom is 0.282 e. The fraction of sp³-hybridized carbons (Fsp3) is 0.400. The van der Waals surface area contributed by atoms with Crippen LogP contribution in [0.2, 0.25) is 0 Å². The predicted octanol–water partition coefficient (Wildman–Crippen LogP) is 3.22. The Labute approximate surface area is 106 Å². The van der Waals surface area contributed by atoms with Crippen LogP contribution in [0, 0.1) is 10.1 Å². The maximum atomic E-state index is 10.8. The van der Waals surface area contributed by atoms with Gasteiger partial charge in [0.1, 0.15) is 0 Å². The fourth-order valence-electron chi connectivity index (χ4n) is 1.19. The summed E-state index contributed by atoms with van der Waals surface area (Å²) >= 11 is 4.69. The van der Waals surface area contributed by atoms with E-state index in [4.69, 9.17) is 5.11 Å². The summed E-state index contributed by atoms with van der Waals surface area (Å²) in [6, 6.07) is 4.87. The summed E-state index contributed by atoms with van der Waals surface area (Å²) in [4.78, 5) is 11.0. The highest BCUT2D eigenvalue weighted by Crippen LogP contribution is 2.35. The zero-order valence-corrected chi connectivity index (χ0v) is 11.1. The lowest BCUT2D eigenvalue weighted by atomic mass is 10.3. The number of aliphatic hydroxyl groups is 1. The van der Waals surface area contributed by atoms with Crippen molar-refractivity contribution in [3.8, 4) is 0 Å². The molecule has 1 aromatic rings. The van der Waals surface area contributed by atoms with E-state index < -0.39 is 0 Å². The molecular weight excluding hydrogens is 294 g/mol. The zero-order chi connectivity index (χ0) is 12.1. The molecule has 0 heterocycles. The molecule has 0 radical (unpaired) electrons. The number of nitro groups is 1. The first kappa shape index (κ1) is 13.5. The topological polar surface area (TPSA) is 63.4 Å². The Bertz CT molecular complexity index is 386. The van der Waals surface area contributed by atoms with Crippen molar-refractivity contribution in [3.05, 3.63) is 32.8 Å². The van der Waals surface area contributed by atoms with Crippen LogP contribution in [0.5, 0.6) is 0 Å². The maximum absolute atomic E-state index is 10.8. The van der Waals surface area contributed by atoms with Gasteiger partial charge in [0.05, 0.1) is 9.82 Å². The lowest BCUT2D eigenvalue weighted by molar-refractivity contribution is -0.387. The summed E-state index contributed by atoms with van der Waals surface area (Å²) in [6.45, 7) is 2.03. The molecule has 0 aliphatic rings. The Morgan fingerprint density at radius 1 is 1.62 bits per heavy atom. The Morgan fingerprint density at radius 3 is 2.88 bits per heavy atom. The summed E-state index contributed by atoms with van der Waals surface area (Å²) < 4.78 is 0.816. The normalized spacial score (nSPS) is 12.4. The second kappa shape index (κ2) is 6.22. The summed E-state index contributed by atoms with van der Waals surface area (Å²) in [6.07, 6.45) is 0.619. The molecule has 0 bridgehead atoms. The first-order valence-electron chi connectivity index (χ1n) is 4.76. The summed E-state index contributed by atoms with van der Waals surface area (Å²) in [5.41, 5.74) is 0.109. The lowest BCUT2D eigenvalue weighted by Crippen LogP contribution is -2.00. The molecule has 0 aliphatic heterocycles. The van der Waals surface area contributed by atoms with Crippen molar-refractivity contribution in [1.82, 2.24) is 0 Å². The van der Waals surface area contributed by atoms with Gasteiger partial charge in [-0.2, -0.15) is 0 Å². The van der Waals surface area contributed by atoms with Gasteiger partial charge in [-0.3, -0.25) is 10.1 Å². The number of hydrogen-bond donors (Lipinski definition) is 1. The minimum Gasteiger partial charge on any atom is -0.396 e. The van der Waals surface area contributed by atoms with E-state index in [-0.39, 0.29) is 22.5 Å². The highest BCUT2D eigenvalue weighted by molar-refractivity contribution is 9.10. The van der Waals surface area contributed by atoms with Crippen LogP contribution in [0.1, 0.15) is 13.3 Å². The molecule has 88 valence electrons. The third-order valence-corrected chi connectivity index (χ3v) is 3.69. The predicted molar refractivity (Wildman–Crippen MR) is 67.8 cm³/mol. The average Bonchev–Trinajstić information content (AvgIpc) is 2.17. The van der Waals surface area contributed by atoms with E-state index in [1.165, 1.54) is 17.8 Å². The Morgan fingerprint density at radius 2 is 2.31 bits per heavy atom. The molecular formula is C10H12BrNO3S. The van der Waals surface area contributed by atoms with Crippen molar-refractivity contribution < 1.29 is 10.0 Å². The molecule has 1 atom stereocenters. The van der Waals surface area contributed by atoms with E-state index in [1.54, 1.807) is 12.1 Å². The van der Waals surface area contributed by atoms with Crippen LogP contribution in [0.15, 0.2) is 27.6 Å². The first-order chi connectivity index (χ1) is 7.54. The molecule has 4 nitrogen and oxygen atoms in total. The van der Waals surface area contributed by atoms with Crippen molar-refractivity contribution in [3.63, 3.8) is 0 Å². The Kier molecular flexibility index (Phi) is 5.24. The summed E-state index contributed by atoms with van der Waals surface area (Å²) in [5.74, 6) is 0. The molecule has 0 spiro atoms. The Balaban J connectivity index is 2.92. The first-order valence-corrected chi connectivity index (χ1v) is 6.43. The highest BCUT2D eigenvalue weighted by Gasteiger charge is 2.16. The number of halogens is 1. The number of nitro benzene ring substituents is 1. The van der Waals surface area contributed by atoms with Crippen molar-refractivity contribution in [2.24, 2.45) is 0 Å². The van der Waals surface area contributed by atoms with Gasteiger partial charge >= 0.3 is 0 Å². The quantitative estimate of drug-likeness (QED) is 0.515. The lowest BCUT2D eigenvalue weighted by Gasteiger charge is -2.09. The van der Waals surface area contributed by atoms with Crippen molar-refractivity contribution in [2.75, 3.05) is 6.61 Å². The van der Waals surface area contributed by atoms with Gasteiger partial charge in [-0.1, -0.05) is 22.9 Å². The molecule has 1 N–H and O–H groups in total. The van der Waals surface area contributed by atoms with E-state index in [2.05, 4.69) is 15.9 Å². The van der Waals surface area contributed by atoms with Gasteiger partial charge < -0.3 is 5.11 Å². The molecule has 0 fully saturated rings. The number of benzene rings is 1. The van der Waals surface area contributed by atoms with E-state index in [1.807, 2.05) is 6.92 Å². The molecule has 0 saturated heterocycles. The van der Waals surface area contributed by atoms with Gasteiger partial charge in [0, 0.05) is 22.4 Å². The van der Waals surface area contributed by atoms with E-state index in [0.29, 0.717) is 11.3 Å². The van der Waals surface area contributed by atoms with Gasteiger partial charge in [-0.15, -0.1) is 11.8 Å². The molecule has 1 unspecified atom stereocenters. The highest BCUT2D eigenvalue weighted by atomic mass is 79.9. The van der Waals surface area contributed by atoms with Gasteiger partial charge in [0.25, 0.3) is 5.69 Å². The smallest absolute Gasteiger partial charge is 0.282 e. The molecule has 6 heteroatoms. The zero-order valence-electron chi connectivity index (χ0n) is 8.72. The standard InChI is InChI=1S/C10H12BrNO3S/c1-7(4-5-13)16-10-6-8(11)2-3-9(10)12(14)15/h2-3,6-7,13H,4-5H2,1H3. The number of nitrogens with zero attached hydrogens (tertiary/aromatic N) is 1. The van der Waals surface area contributed by atoms with Crippen LogP contribution in [0.4, 0.5) is 5.69 Å². The average molecular weight is 306 g/mol. The summed E-state index contributed by atoms with van der Waals surface area (Å²) in [5, 5.41) is 19.7.